The van der Waals surface area contributed by atoms with E-state index >= 15 is 0 Å². The largest absolute Gasteiger partial charge is 0.497 e. The zero-order valence-electron chi connectivity index (χ0n) is 22.0. The lowest BCUT2D eigenvalue weighted by Gasteiger charge is -2.35. The second-order valence-corrected chi connectivity index (χ2v) is 9.60. The number of methoxy groups -OCH3 is 1. The van der Waals surface area contributed by atoms with Crippen LogP contribution in [-0.2, 0) is 11.4 Å². The van der Waals surface area contributed by atoms with Crippen molar-refractivity contribution in [2.75, 3.05) is 19.5 Å². The fraction of sp³-hybridized carbons (Fsp3) is 0.400. The summed E-state index contributed by atoms with van der Waals surface area (Å²) in [5.74, 6) is 1.58. The highest BCUT2D eigenvalue weighted by Crippen LogP contribution is 2.47. The van der Waals surface area contributed by atoms with E-state index in [0.717, 1.165) is 47.5 Å². The first-order valence-electron chi connectivity index (χ1n) is 12.9. The molecule has 2 unspecified atom stereocenters. The summed E-state index contributed by atoms with van der Waals surface area (Å²) in [5.41, 5.74) is 11.5. The van der Waals surface area contributed by atoms with Crippen LogP contribution in [0.25, 0.3) is 0 Å². The van der Waals surface area contributed by atoms with Gasteiger partial charge >= 0.3 is 0 Å². The minimum atomic E-state index is -0.495. The van der Waals surface area contributed by atoms with Crippen LogP contribution in [0.4, 0.5) is 5.69 Å². The maximum absolute atomic E-state index is 13.4. The number of nitrogens with two attached hydrogens (primary N) is 1. The highest BCUT2D eigenvalue weighted by atomic mass is 16.5. The minimum absolute atomic E-state index is 0.0901. The Morgan fingerprint density at radius 3 is 2.68 bits per heavy atom. The molecule has 2 aliphatic rings. The molecule has 3 N–H and O–H groups in total. The van der Waals surface area contributed by atoms with Gasteiger partial charge in [0.15, 0.2) is 17.3 Å². The third-order valence-corrected chi connectivity index (χ3v) is 6.99. The molecular weight excluding hydrogens is 466 g/mol. The Morgan fingerprint density at radius 2 is 1.97 bits per heavy atom. The molecule has 37 heavy (non-hydrogen) atoms. The summed E-state index contributed by atoms with van der Waals surface area (Å²) < 4.78 is 17.4. The van der Waals surface area contributed by atoms with Crippen molar-refractivity contribution in [3.8, 4) is 23.3 Å². The average molecular weight is 502 g/mol. The molecule has 0 spiro atoms. The fourth-order valence-electron chi connectivity index (χ4n) is 5.36. The molecule has 1 aliphatic carbocycles. The molecule has 0 saturated carbocycles. The first-order valence-corrected chi connectivity index (χ1v) is 12.9. The van der Waals surface area contributed by atoms with Gasteiger partial charge in [0, 0.05) is 23.4 Å². The molecule has 2 aromatic carbocycles. The van der Waals surface area contributed by atoms with Gasteiger partial charge in [0.1, 0.15) is 12.4 Å². The first kappa shape index (κ1) is 26.2. The van der Waals surface area contributed by atoms with Crippen LogP contribution in [0.3, 0.4) is 0 Å². The summed E-state index contributed by atoms with van der Waals surface area (Å²) in [5, 5.41) is 13.4. The van der Waals surface area contributed by atoms with Crippen LogP contribution in [0.1, 0.15) is 63.5 Å². The maximum atomic E-state index is 13.4. The number of rotatable bonds is 9. The van der Waals surface area contributed by atoms with E-state index in [1.807, 2.05) is 44.2 Å². The smallest absolute Gasteiger partial charge is 0.184 e. The molecule has 1 heterocycles. The van der Waals surface area contributed by atoms with Gasteiger partial charge in [-0.05, 0) is 68.0 Å². The van der Waals surface area contributed by atoms with Crippen LogP contribution >= 0.6 is 0 Å². The van der Waals surface area contributed by atoms with Crippen LogP contribution in [0.2, 0.25) is 0 Å². The van der Waals surface area contributed by atoms with Crippen LogP contribution in [0.5, 0.6) is 17.2 Å². The SMILES string of the molecule is CCCC1CC(=O)C2=C(C1)NC(C)=C(C#N)C2c1cc(N)c(OCc2cccc(OC)c2)c(OCC)c1. The third kappa shape index (κ3) is 5.43. The van der Waals surface area contributed by atoms with Crippen LogP contribution in [0, 0.1) is 17.2 Å². The Balaban J connectivity index is 1.73. The Kier molecular flexibility index (Phi) is 8.08. The highest BCUT2D eigenvalue weighted by molar-refractivity contribution is 6.00. The van der Waals surface area contributed by atoms with Crippen molar-refractivity contribution in [3.05, 3.63) is 70.1 Å². The van der Waals surface area contributed by atoms with Crippen molar-refractivity contribution >= 4 is 11.5 Å². The van der Waals surface area contributed by atoms with E-state index in [-0.39, 0.29) is 12.4 Å². The standard InChI is InChI=1S/C30H35N3O4/c1-5-8-19-12-25-29(26(34)13-19)28(23(16-31)18(3)33-25)21-14-24(32)30(27(15-21)36-6-2)37-17-20-9-7-10-22(11-20)35-4/h7,9-11,14-15,19,28,33H,5-6,8,12-13,17,32H2,1-4H3. The van der Waals surface area contributed by atoms with Crippen LogP contribution < -0.4 is 25.3 Å². The molecule has 1 aliphatic heterocycles. The summed E-state index contributed by atoms with van der Waals surface area (Å²) >= 11 is 0. The van der Waals surface area contributed by atoms with Crippen molar-refractivity contribution in [2.45, 2.75) is 59.0 Å². The summed E-state index contributed by atoms with van der Waals surface area (Å²) in [4.78, 5) is 13.4. The number of hydrogen-bond acceptors (Lipinski definition) is 7. The van der Waals surface area contributed by atoms with Gasteiger partial charge in [-0.2, -0.15) is 5.26 Å². The molecule has 7 nitrogen and oxygen atoms in total. The Labute approximate surface area is 218 Å². The molecule has 0 bridgehead atoms. The Hall–Kier alpha value is -3.92. The van der Waals surface area contributed by atoms with Crippen LogP contribution in [0.15, 0.2) is 58.9 Å². The average Bonchev–Trinajstić information content (AvgIpc) is 2.87. The van der Waals surface area contributed by atoms with E-state index in [0.29, 0.717) is 47.3 Å². The lowest BCUT2D eigenvalue weighted by atomic mass is 9.72. The number of anilines is 1. The molecule has 0 amide bonds. The van der Waals surface area contributed by atoms with Gasteiger partial charge in [-0.25, -0.2) is 0 Å². The van der Waals surface area contributed by atoms with Gasteiger partial charge < -0.3 is 25.3 Å². The van der Waals surface area contributed by atoms with Crippen molar-refractivity contribution < 1.29 is 19.0 Å². The molecule has 2 atom stereocenters. The number of ether oxygens (including phenoxy) is 3. The van der Waals surface area contributed by atoms with Gasteiger partial charge in [-0.1, -0.05) is 25.5 Å². The zero-order chi connectivity index (χ0) is 26.5. The lowest BCUT2D eigenvalue weighted by Crippen LogP contribution is -2.34. The van der Waals surface area contributed by atoms with Gasteiger partial charge in [0.25, 0.3) is 0 Å². The summed E-state index contributed by atoms with van der Waals surface area (Å²) in [7, 11) is 1.62. The predicted molar refractivity (Wildman–Crippen MR) is 143 cm³/mol. The van der Waals surface area contributed by atoms with E-state index < -0.39 is 5.92 Å². The van der Waals surface area contributed by atoms with Gasteiger partial charge in [-0.15, -0.1) is 0 Å². The number of nitriles is 1. The Morgan fingerprint density at radius 1 is 1.16 bits per heavy atom. The summed E-state index contributed by atoms with van der Waals surface area (Å²) in [6, 6.07) is 13.6. The topological polar surface area (TPSA) is 107 Å². The van der Waals surface area contributed by atoms with E-state index in [1.165, 1.54) is 0 Å². The number of nitrogens with zero attached hydrogens (tertiary/aromatic N) is 1. The monoisotopic (exact) mass is 501 g/mol. The number of benzene rings is 2. The summed E-state index contributed by atoms with van der Waals surface area (Å²) in [6.45, 7) is 6.62. The van der Waals surface area contributed by atoms with Gasteiger partial charge in [0.05, 0.1) is 37.0 Å². The maximum Gasteiger partial charge on any atom is 0.184 e. The van der Waals surface area contributed by atoms with Gasteiger partial charge in [-0.3, -0.25) is 4.79 Å². The molecule has 0 radical (unpaired) electrons. The molecular formula is C30H35N3O4. The van der Waals surface area contributed by atoms with E-state index in [2.05, 4.69) is 18.3 Å². The van der Waals surface area contributed by atoms with Crippen molar-refractivity contribution in [3.63, 3.8) is 0 Å². The number of hydrogen-bond donors (Lipinski definition) is 2. The summed E-state index contributed by atoms with van der Waals surface area (Å²) in [6.07, 6.45) is 3.34. The van der Waals surface area contributed by atoms with Crippen molar-refractivity contribution in [1.82, 2.24) is 5.32 Å². The van der Waals surface area contributed by atoms with Crippen molar-refractivity contribution in [1.29, 1.82) is 5.26 Å². The second-order valence-electron chi connectivity index (χ2n) is 9.60. The first-order chi connectivity index (χ1) is 17.9. The molecule has 4 rings (SSSR count). The van der Waals surface area contributed by atoms with Crippen molar-refractivity contribution in [2.24, 2.45) is 5.92 Å². The number of allylic oxidation sites excluding steroid dienone is 4. The zero-order valence-corrected chi connectivity index (χ0v) is 22.0. The van der Waals surface area contributed by atoms with E-state index in [9.17, 15) is 10.1 Å². The number of nitrogen functional groups attached to an aromatic ring is 1. The fourth-order valence-corrected chi connectivity index (χ4v) is 5.36. The second kappa shape index (κ2) is 11.4. The van der Waals surface area contributed by atoms with E-state index in [1.54, 1.807) is 13.2 Å². The molecule has 0 saturated heterocycles. The number of Topliss-reactive ketones (excluding diaryl/α,β-unsaturated/α-hetero) is 1. The number of ketones is 1. The number of nitrogens with one attached hydrogen (secondary N) is 1. The molecule has 2 aromatic rings. The Bertz CT molecular complexity index is 1290. The normalized spacial score (nSPS) is 19.2. The lowest BCUT2D eigenvalue weighted by molar-refractivity contribution is -0.117. The number of dihydropyridines is 1. The highest BCUT2D eigenvalue weighted by Gasteiger charge is 2.39. The predicted octanol–water partition coefficient (Wildman–Crippen LogP) is 5.77. The number of carbonyl (C=O) groups excluding carboxylic acids is 1. The molecule has 0 fully saturated rings. The molecule has 7 heteroatoms. The number of carbonyl (C=O) groups is 1. The van der Waals surface area contributed by atoms with Gasteiger partial charge in [0.2, 0.25) is 0 Å². The van der Waals surface area contributed by atoms with Crippen LogP contribution in [-0.4, -0.2) is 19.5 Å². The molecule has 0 aromatic heterocycles. The van der Waals surface area contributed by atoms with E-state index in [4.69, 9.17) is 19.9 Å². The minimum Gasteiger partial charge on any atom is -0.497 e. The quantitative estimate of drug-likeness (QED) is 0.420. The molecule has 194 valence electrons. The third-order valence-electron chi connectivity index (χ3n) is 6.99.